The first-order valence-electron chi connectivity index (χ1n) is 16.1. The third-order valence-electron chi connectivity index (χ3n) is 9.12. The first kappa shape index (κ1) is 36.3. The van der Waals surface area contributed by atoms with Crippen LogP contribution in [0.3, 0.4) is 0 Å². The van der Waals surface area contributed by atoms with Crippen molar-refractivity contribution >= 4 is 21.4 Å². The minimum atomic E-state index is -4.04. The van der Waals surface area contributed by atoms with E-state index in [4.69, 9.17) is 27.1 Å². The molecule has 0 heterocycles. The molecule has 0 aliphatic heterocycles. The lowest BCUT2D eigenvalue weighted by molar-refractivity contribution is -0.151. The molecule has 3 aliphatic rings. The Labute approximate surface area is 259 Å². The number of ketones is 1. The zero-order chi connectivity index (χ0) is 32.1. The van der Waals surface area contributed by atoms with Crippen LogP contribution in [0.1, 0.15) is 124 Å². The second-order valence-electron chi connectivity index (χ2n) is 12.8. The Morgan fingerprint density at radius 2 is 1.30 bits per heavy atom. The maximum Gasteiger partial charge on any atom is 0.530 e. The van der Waals surface area contributed by atoms with Gasteiger partial charge < -0.3 is 9.05 Å². The molecule has 0 N–H and O–H groups in total. The fourth-order valence-electron chi connectivity index (χ4n) is 6.69. The van der Waals surface area contributed by atoms with Gasteiger partial charge in [0.1, 0.15) is 17.3 Å². The van der Waals surface area contributed by atoms with Gasteiger partial charge in [-0.25, -0.2) is 9.13 Å². The molecule has 3 aliphatic carbocycles. The van der Waals surface area contributed by atoms with Crippen molar-refractivity contribution in [2.24, 2.45) is 17.3 Å². The summed E-state index contributed by atoms with van der Waals surface area (Å²) in [6.07, 6.45) is 6.32. The van der Waals surface area contributed by atoms with Gasteiger partial charge in [-0.05, 0) is 75.0 Å². The van der Waals surface area contributed by atoms with Crippen molar-refractivity contribution in [1.82, 2.24) is 0 Å². The standard InChI is InChI=1S/C32H54O9P2/c1-10-15-16-17-18-31(6,7)23-19-28(40-42(34,36-11-2)37-12-3)30(24-21-27(33)26-22-25(24)32(26,8)9)29(20-23)41-43(35,38-13-4)39-14-5/h19-20,24-26H,10-18,21-22H2,1-9H3/t24-,25?,26+/m0/s1. The van der Waals surface area contributed by atoms with Crippen LogP contribution in [0.25, 0.3) is 0 Å². The highest BCUT2D eigenvalue weighted by Gasteiger charge is 2.60. The van der Waals surface area contributed by atoms with Gasteiger partial charge in [-0.15, -0.1) is 0 Å². The number of unbranched alkanes of at least 4 members (excludes halogenated alkanes) is 3. The number of benzene rings is 1. The summed E-state index contributed by atoms with van der Waals surface area (Å²) in [6, 6.07) is 3.75. The Morgan fingerprint density at radius 3 is 1.70 bits per heavy atom. The van der Waals surface area contributed by atoms with Crippen LogP contribution in [0.15, 0.2) is 12.1 Å². The molecule has 0 aromatic heterocycles. The van der Waals surface area contributed by atoms with E-state index in [9.17, 15) is 13.9 Å². The highest BCUT2D eigenvalue weighted by molar-refractivity contribution is 7.49. The summed E-state index contributed by atoms with van der Waals surface area (Å²) in [5.41, 5.74) is 0.798. The topological polar surface area (TPSA) is 107 Å². The molecule has 3 atom stereocenters. The van der Waals surface area contributed by atoms with Crippen molar-refractivity contribution < 1.29 is 41.1 Å². The summed E-state index contributed by atoms with van der Waals surface area (Å²) in [6.45, 7) is 18.0. The summed E-state index contributed by atoms with van der Waals surface area (Å²) >= 11 is 0. The monoisotopic (exact) mass is 644 g/mol. The number of fused-ring (bicyclic) bond motifs is 2. The molecular formula is C32H54O9P2. The lowest BCUT2D eigenvalue weighted by Crippen LogP contribution is -2.56. The molecule has 43 heavy (non-hydrogen) atoms. The predicted octanol–water partition coefficient (Wildman–Crippen LogP) is 9.77. The third-order valence-corrected chi connectivity index (χ3v) is 12.3. The molecule has 1 aromatic carbocycles. The number of Topliss-reactive ketones (excluding diaryl/α,β-unsaturated/α-hetero) is 1. The molecule has 0 amide bonds. The molecule has 3 saturated carbocycles. The molecule has 0 saturated heterocycles. The number of carbonyl (C=O) groups is 1. The molecule has 0 spiro atoms. The number of rotatable bonds is 19. The quantitative estimate of drug-likeness (QED) is 0.107. The van der Waals surface area contributed by atoms with Gasteiger partial charge in [-0.2, -0.15) is 0 Å². The molecule has 1 unspecified atom stereocenters. The number of phosphoric acid groups is 2. The second kappa shape index (κ2) is 14.9. The van der Waals surface area contributed by atoms with E-state index >= 15 is 0 Å². The van der Waals surface area contributed by atoms with Crippen molar-refractivity contribution in [3.8, 4) is 11.5 Å². The molecule has 2 bridgehead atoms. The Morgan fingerprint density at radius 1 is 0.814 bits per heavy atom. The Hall–Kier alpha value is -1.21. The van der Waals surface area contributed by atoms with Crippen LogP contribution in [0.5, 0.6) is 11.5 Å². The molecule has 9 nitrogen and oxygen atoms in total. The lowest BCUT2D eigenvalue weighted by Gasteiger charge is -2.59. The summed E-state index contributed by atoms with van der Waals surface area (Å²) in [5, 5.41) is 0. The fourth-order valence-corrected chi connectivity index (χ4v) is 9.10. The number of carbonyl (C=O) groups excluding carboxylic acids is 1. The molecule has 1 aromatic rings. The van der Waals surface area contributed by atoms with E-state index in [2.05, 4.69) is 34.6 Å². The Bertz CT molecular complexity index is 1120. The molecule has 11 heteroatoms. The van der Waals surface area contributed by atoms with E-state index in [1.54, 1.807) is 27.7 Å². The summed E-state index contributed by atoms with van der Waals surface area (Å²) in [4.78, 5) is 13.3. The number of hydrogen-bond acceptors (Lipinski definition) is 9. The minimum Gasteiger partial charge on any atom is -0.404 e. The highest BCUT2D eigenvalue weighted by Crippen LogP contribution is 2.66. The van der Waals surface area contributed by atoms with E-state index in [0.29, 0.717) is 5.56 Å². The van der Waals surface area contributed by atoms with E-state index < -0.39 is 15.6 Å². The Balaban J connectivity index is 2.28. The van der Waals surface area contributed by atoms with Gasteiger partial charge in [0.05, 0.1) is 26.4 Å². The van der Waals surface area contributed by atoms with Crippen LogP contribution in [0, 0.1) is 17.3 Å². The van der Waals surface area contributed by atoms with Gasteiger partial charge in [-0.1, -0.05) is 60.3 Å². The largest absolute Gasteiger partial charge is 0.530 e. The average molecular weight is 645 g/mol. The maximum atomic E-state index is 13.8. The van der Waals surface area contributed by atoms with Crippen molar-refractivity contribution in [3.05, 3.63) is 23.3 Å². The van der Waals surface area contributed by atoms with Crippen LogP contribution >= 0.6 is 15.6 Å². The molecule has 4 rings (SSSR count). The van der Waals surface area contributed by atoms with Gasteiger partial charge in [0.15, 0.2) is 0 Å². The lowest BCUT2D eigenvalue weighted by atomic mass is 9.44. The SMILES string of the molecule is CCCCCCC(C)(C)c1cc(OP(=O)(OCC)OCC)c([C@H]2CC(=O)[C@H]3CC2C3(C)C)c(OP(=O)(OCC)OCC)c1. The van der Waals surface area contributed by atoms with E-state index in [0.717, 1.165) is 44.1 Å². The van der Waals surface area contributed by atoms with E-state index in [-0.39, 0.29) is 78.7 Å². The zero-order valence-corrected chi connectivity index (χ0v) is 29.5. The van der Waals surface area contributed by atoms with Crippen molar-refractivity contribution in [2.45, 2.75) is 119 Å². The van der Waals surface area contributed by atoms with Crippen LogP contribution in [-0.2, 0) is 37.4 Å². The molecule has 246 valence electrons. The van der Waals surface area contributed by atoms with Crippen molar-refractivity contribution in [3.63, 3.8) is 0 Å². The number of phosphoric ester groups is 2. The van der Waals surface area contributed by atoms with Crippen LogP contribution in [0.4, 0.5) is 0 Å². The first-order chi connectivity index (χ1) is 20.2. The molecule has 3 fully saturated rings. The fraction of sp³-hybridized carbons (Fsp3) is 0.781. The van der Waals surface area contributed by atoms with Crippen molar-refractivity contribution in [2.75, 3.05) is 26.4 Å². The van der Waals surface area contributed by atoms with E-state index in [1.807, 2.05) is 12.1 Å². The van der Waals surface area contributed by atoms with E-state index in [1.165, 1.54) is 0 Å². The Kier molecular flexibility index (Phi) is 12.6. The molecule has 0 radical (unpaired) electrons. The van der Waals surface area contributed by atoms with Gasteiger partial charge in [0.2, 0.25) is 0 Å². The average Bonchev–Trinajstić information content (AvgIpc) is 2.90. The summed E-state index contributed by atoms with van der Waals surface area (Å²) < 4.78 is 62.3. The number of hydrogen-bond donors (Lipinski definition) is 0. The predicted molar refractivity (Wildman–Crippen MR) is 169 cm³/mol. The van der Waals surface area contributed by atoms with Crippen LogP contribution < -0.4 is 9.05 Å². The van der Waals surface area contributed by atoms with Crippen LogP contribution in [0.2, 0.25) is 0 Å². The first-order valence-corrected chi connectivity index (χ1v) is 19.0. The normalized spacial score (nSPS) is 21.9. The zero-order valence-electron chi connectivity index (χ0n) is 27.7. The molecular weight excluding hydrogens is 590 g/mol. The van der Waals surface area contributed by atoms with Gasteiger partial charge in [0.25, 0.3) is 0 Å². The highest BCUT2D eigenvalue weighted by atomic mass is 31.2. The third kappa shape index (κ3) is 8.34. The maximum absolute atomic E-state index is 13.8. The second-order valence-corrected chi connectivity index (χ2v) is 16.0. The summed E-state index contributed by atoms with van der Waals surface area (Å²) in [5.74, 6) is 0.471. The van der Waals surface area contributed by atoms with Gasteiger partial charge in [0, 0.05) is 23.8 Å². The van der Waals surface area contributed by atoms with Crippen molar-refractivity contribution in [1.29, 1.82) is 0 Å². The van der Waals surface area contributed by atoms with Gasteiger partial charge in [-0.3, -0.25) is 22.9 Å². The summed E-state index contributed by atoms with van der Waals surface area (Å²) in [7, 11) is -8.09. The van der Waals surface area contributed by atoms with Gasteiger partial charge >= 0.3 is 15.6 Å². The minimum absolute atomic E-state index is 0.000267. The smallest absolute Gasteiger partial charge is 0.404 e. The van der Waals surface area contributed by atoms with Crippen LogP contribution in [-0.4, -0.2) is 32.2 Å².